The molecular formula is C17H32N2O3. The van der Waals surface area contributed by atoms with E-state index in [-0.39, 0.29) is 6.09 Å². The molecule has 2 heterocycles. The van der Waals surface area contributed by atoms with Crippen LogP contribution in [0.2, 0.25) is 0 Å². The second-order valence-corrected chi connectivity index (χ2v) is 7.66. The molecule has 0 spiro atoms. The maximum Gasteiger partial charge on any atom is 0.410 e. The van der Waals surface area contributed by atoms with E-state index in [1.807, 2.05) is 25.7 Å². The van der Waals surface area contributed by atoms with Crippen LogP contribution in [-0.2, 0) is 9.47 Å². The molecule has 2 fully saturated rings. The van der Waals surface area contributed by atoms with Crippen LogP contribution in [0.1, 0.15) is 59.8 Å². The highest BCUT2D eigenvalue weighted by Gasteiger charge is 2.33. The topological polar surface area (TPSA) is 50.8 Å². The van der Waals surface area contributed by atoms with E-state index in [0.717, 1.165) is 51.9 Å². The van der Waals surface area contributed by atoms with Crippen molar-refractivity contribution in [3.63, 3.8) is 0 Å². The lowest BCUT2D eigenvalue weighted by molar-refractivity contribution is 0.0211. The number of likely N-dealkylation sites (tertiary alicyclic amines) is 1. The van der Waals surface area contributed by atoms with Gasteiger partial charge in [0.05, 0.1) is 0 Å². The molecule has 2 aliphatic rings. The molecule has 2 atom stereocenters. The highest BCUT2D eigenvalue weighted by molar-refractivity contribution is 5.68. The Balaban J connectivity index is 1.81. The molecular weight excluding hydrogens is 280 g/mol. The van der Waals surface area contributed by atoms with Crippen LogP contribution in [0, 0.1) is 0 Å². The fourth-order valence-electron chi connectivity index (χ4n) is 3.38. The number of amides is 1. The van der Waals surface area contributed by atoms with E-state index in [2.05, 4.69) is 12.2 Å². The number of ether oxygens (including phenoxy) is 2. The first-order chi connectivity index (χ1) is 10.3. The van der Waals surface area contributed by atoms with Crippen molar-refractivity contribution in [2.75, 3.05) is 19.8 Å². The fourth-order valence-corrected chi connectivity index (χ4v) is 3.38. The molecule has 1 amide bonds. The minimum absolute atomic E-state index is 0.159. The highest BCUT2D eigenvalue weighted by Crippen LogP contribution is 2.24. The third-order valence-corrected chi connectivity index (χ3v) is 4.37. The number of carbonyl (C=O) groups is 1. The molecule has 2 saturated heterocycles. The molecule has 2 aliphatic heterocycles. The van der Waals surface area contributed by atoms with Gasteiger partial charge in [-0.3, -0.25) is 0 Å². The maximum absolute atomic E-state index is 12.3. The number of nitrogens with zero attached hydrogens (tertiary/aromatic N) is 1. The molecule has 128 valence electrons. The summed E-state index contributed by atoms with van der Waals surface area (Å²) in [4.78, 5) is 14.2. The molecule has 5 nitrogen and oxygen atoms in total. The van der Waals surface area contributed by atoms with Crippen LogP contribution in [0.3, 0.4) is 0 Å². The smallest absolute Gasteiger partial charge is 0.410 e. The number of hydrogen-bond donors (Lipinski definition) is 1. The SMILES string of the molecule is CC(CC1CCCN1C(=O)OC(C)(C)C)NC1CCOCC1. The fraction of sp³-hybridized carbons (Fsp3) is 0.941. The van der Waals surface area contributed by atoms with Gasteiger partial charge < -0.3 is 19.7 Å². The first kappa shape index (κ1) is 17.5. The van der Waals surface area contributed by atoms with E-state index in [9.17, 15) is 4.79 Å². The lowest BCUT2D eigenvalue weighted by Gasteiger charge is -2.32. The second kappa shape index (κ2) is 7.64. The number of rotatable bonds is 4. The van der Waals surface area contributed by atoms with Crippen LogP contribution in [0.25, 0.3) is 0 Å². The normalized spacial score (nSPS) is 25.3. The first-order valence-corrected chi connectivity index (χ1v) is 8.68. The Hall–Kier alpha value is -0.810. The zero-order chi connectivity index (χ0) is 16.2. The van der Waals surface area contributed by atoms with Crippen molar-refractivity contribution < 1.29 is 14.3 Å². The van der Waals surface area contributed by atoms with E-state index in [0.29, 0.717) is 18.1 Å². The van der Waals surface area contributed by atoms with Gasteiger partial charge >= 0.3 is 6.09 Å². The Morgan fingerprint density at radius 3 is 2.64 bits per heavy atom. The molecule has 0 saturated carbocycles. The van der Waals surface area contributed by atoms with Crippen molar-refractivity contribution in [3.05, 3.63) is 0 Å². The number of hydrogen-bond acceptors (Lipinski definition) is 4. The van der Waals surface area contributed by atoms with Crippen molar-refractivity contribution in [1.29, 1.82) is 0 Å². The van der Waals surface area contributed by atoms with Gasteiger partial charge in [-0.05, 0) is 59.8 Å². The van der Waals surface area contributed by atoms with Crippen molar-refractivity contribution >= 4 is 6.09 Å². The Kier molecular flexibility index (Phi) is 6.09. The van der Waals surface area contributed by atoms with Crippen LogP contribution < -0.4 is 5.32 Å². The zero-order valence-corrected chi connectivity index (χ0v) is 14.6. The third kappa shape index (κ3) is 5.43. The van der Waals surface area contributed by atoms with Gasteiger partial charge in [0.2, 0.25) is 0 Å². The summed E-state index contributed by atoms with van der Waals surface area (Å²) in [6.07, 6.45) is 5.17. The molecule has 0 aliphatic carbocycles. The Morgan fingerprint density at radius 1 is 1.32 bits per heavy atom. The molecule has 0 aromatic carbocycles. The summed E-state index contributed by atoms with van der Waals surface area (Å²) in [5.41, 5.74) is -0.420. The third-order valence-electron chi connectivity index (χ3n) is 4.37. The minimum Gasteiger partial charge on any atom is -0.444 e. The molecule has 5 heteroatoms. The van der Waals surface area contributed by atoms with Crippen LogP contribution in [0.15, 0.2) is 0 Å². The average molecular weight is 312 g/mol. The molecule has 2 unspecified atom stereocenters. The van der Waals surface area contributed by atoms with Crippen molar-refractivity contribution in [2.45, 2.75) is 83.5 Å². The largest absolute Gasteiger partial charge is 0.444 e. The molecule has 0 aromatic rings. The second-order valence-electron chi connectivity index (χ2n) is 7.66. The number of nitrogens with one attached hydrogen (secondary N) is 1. The van der Waals surface area contributed by atoms with Crippen molar-refractivity contribution in [3.8, 4) is 0 Å². The van der Waals surface area contributed by atoms with Crippen molar-refractivity contribution in [2.24, 2.45) is 0 Å². The molecule has 22 heavy (non-hydrogen) atoms. The van der Waals surface area contributed by atoms with E-state index < -0.39 is 5.60 Å². The standard InChI is InChI=1S/C17H32N2O3/c1-13(18-14-7-10-21-11-8-14)12-15-6-5-9-19(15)16(20)22-17(2,3)4/h13-15,18H,5-12H2,1-4H3. The van der Waals surface area contributed by atoms with Crippen LogP contribution in [-0.4, -0.2) is 54.5 Å². The van der Waals surface area contributed by atoms with E-state index in [1.165, 1.54) is 0 Å². The molecule has 0 bridgehead atoms. The zero-order valence-electron chi connectivity index (χ0n) is 14.6. The van der Waals surface area contributed by atoms with Gasteiger partial charge in [-0.1, -0.05) is 0 Å². The quantitative estimate of drug-likeness (QED) is 0.867. The van der Waals surface area contributed by atoms with E-state index >= 15 is 0 Å². The summed E-state index contributed by atoms with van der Waals surface area (Å²) in [6.45, 7) is 10.5. The van der Waals surface area contributed by atoms with Gasteiger partial charge in [0.25, 0.3) is 0 Å². The highest BCUT2D eigenvalue weighted by atomic mass is 16.6. The van der Waals surface area contributed by atoms with Crippen LogP contribution in [0.5, 0.6) is 0 Å². The molecule has 0 radical (unpaired) electrons. The summed E-state index contributed by atoms with van der Waals surface area (Å²) >= 11 is 0. The number of carbonyl (C=O) groups excluding carboxylic acids is 1. The van der Waals surface area contributed by atoms with E-state index in [4.69, 9.17) is 9.47 Å². The predicted molar refractivity (Wildman–Crippen MR) is 87.0 cm³/mol. The van der Waals surface area contributed by atoms with Crippen LogP contribution >= 0.6 is 0 Å². The van der Waals surface area contributed by atoms with Gasteiger partial charge in [0.15, 0.2) is 0 Å². The summed E-state index contributed by atoms with van der Waals surface area (Å²) < 4.78 is 10.9. The average Bonchev–Trinajstić information content (AvgIpc) is 2.86. The summed E-state index contributed by atoms with van der Waals surface area (Å²) in [5.74, 6) is 0. The Bertz CT molecular complexity index is 361. The lowest BCUT2D eigenvalue weighted by atomic mass is 10.0. The Morgan fingerprint density at radius 2 is 2.00 bits per heavy atom. The van der Waals surface area contributed by atoms with Gasteiger partial charge in [0, 0.05) is 37.9 Å². The molecule has 0 aromatic heterocycles. The van der Waals surface area contributed by atoms with Gasteiger partial charge in [-0.2, -0.15) is 0 Å². The van der Waals surface area contributed by atoms with Gasteiger partial charge in [0.1, 0.15) is 5.60 Å². The van der Waals surface area contributed by atoms with E-state index in [1.54, 1.807) is 0 Å². The summed E-state index contributed by atoms with van der Waals surface area (Å²) in [6, 6.07) is 1.27. The minimum atomic E-state index is -0.420. The maximum atomic E-state index is 12.3. The Labute approximate surface area is 134 Å². The van der Waals surface area contributed by atoms with Crippen LogP contribution in [0.4, 0.5) is 4.79 Å². The molecule has 1 N–H and O–H groups in total. The lowest BCUT2D eigenvalue weighted by Crippen LogP contribution is -2.45. The predicted octanol–water partition coefficient (Wildman–Crippen LogP) is 2.93. The summed E-state index contributed by atoms with van der Waals surface area (Å²) in [5, 5.41) is 3.69. The van der Waals surface area contributed by atoms with Crippen molar-refractivity contribution in [1.82, 2.24) is 10.2 Å². The summed E-state index contributed by atoms with van der Waals surface area (Å²) in [7, 11) is 0. The molecule has 2 rings (SSSR count). The van der Waals surface area contributed by atoms with Gasteiger partial charge in [-0.15, -0.1) is 0 Å². The first-order valence-electron chi connectivity index (χ1n) is 8.68. The monoisotopic (exact) mass is 312 g/mol. The van der Waals surface area contributed by atoms with Gasteiger partial charge in [-0.25, -0.2) is 4.79 Å².